The van der Waals surface area contributed by atoms with Crippen molar-refractivity contribution < 1.29 is 5.11 Å². The molecule has 2 atom stereocenters. The SMILES string of the molecule is C[C@H](O)[C@@H](C)N=Cc1ccccc1. The summed E-state index contributed by atoms with van der Waals surface area (Å²) in [6, 6.07) is 9.83. The number of aliphatic hydroxyl groups is 1. The van der Waals surface area contributed by atoms with Crippen LogP contribution < -0.4 is 0 Å². The molecule has 70 valence electrons. The van der Waals surface area contributed by atoms with Gasteiger partial charge in [-0.25, -0.2) is 0 Å². The van der Waals surface area contributed by atoms with Gasteiger partial charge in [0.1, 0.15) is 0 Å². The molecule has 13 heavy (non-hydrogen) atoms. The van der Waals surface area contributed by atoms with Gasteiger partial charge in [-0.05, 0) is 19.4 Å². The first-order chi connectivity index (χ1) is 6.20. The largest absolute Gasteiger partial charge is 0.391 e. The van der Waals surface area contributed by atoms with E-state index in [1.165, 1.54) is 0 Å². The molecule has 0 radical (unpaired) electrons. The number of aliphatic hydroxyl groups excluding tert-OH is 1. The van der Waals surface area contributed by atoms with Gasteiger partial charge in [-0.15, -0.1) is 0 Å². The summed E-state index contributed by atoms with van der Waals surface area (Å²) in [7, 11) is 0. The van der Waals surface area contributed by atoms with Crippen molar-refractivity contribution in [2.24, 2.45) is 4.99 Å². The van der Waals surface area contributed by atoms with Gasteiger partial charge in [0.25, 0.3) is 0 Å². The second-order valence-corrected chi connectivity index (χ2v) is 3.17. The van der Waals surface area contributed by atoms with Crippen molar-refractivity contribution in [1.29, 1.82) is 0 Å². The van der Waals surface area contributed by atoms with Crippen molar-refractivity contribution in [1.82, 2.24) is 0 Å². The predicted octanol–water partition coefficient (Wildman–Crippen LogP) is 1.87. The van der Waals surface area contributed by atoms with E-state index in [9.17, 15) is 5.11 Å². The van der Waals surface area contributed by atoms with E-state index < -0.39 is 0 Å². The average Bonchev–Trinajstić information content (AvgIpc) is 2.15. The minimum Gasteiger partial charge on any atom is -0.391 e. The van der Waals surface area contributed by atoms with Crippen LogP contribution in [-0.2, 0) is 0 Å². The van der Waals surface area contributed by atoms with Crippen molar-refractivity contribution >= 4 is 6.21 Å². The number of aliphatic imine (C=N–C) groups is 1. The van der Waals surface area contributed by atoms with Gasteiger partial charge in [-0.2, -0.15) is 0 Å². The predicted molar refractivity (Wildman–Crippen MR) is 55.2 cm³/mol. The lowest BCUT2D eigenvalue weighted by molar-refractivity contribution is 0.171. The van der Waals surface area contributed by atoms with Crippen molar-refractivity contribution in [3.05, 3.63) is 35.9 Å². The van der Waals surface area contributed by atoms with Crippen LogP contribution >= 0.6 is 0 Å². The maximum absolute atomic E-state index is 9.19. The molecule has 1 rings (SSSR count). The van der Waals surface area contributed by atoms with Gasteiger partial charge >= 0.3 is 0 Å². The Morgan fingerprint density at radius 2 is 1.85 bits per heavy atom. The molecule has 2 heteroatoms. The number of benzene rings is 1. The molecule has 1 N–H and O–H groups in total. The van der Waals surface area contributed by atoms with Crippen LogP contribution in [0.15, 0.2) is 35.3 Å². The zero-order chi connectivity index (χ0) is 9.68. The number of hydrogen-bond donors (Lipinski definition) is 1. The maximum Gasteiger partial charge on any atom is 0.0732 e. The van der Waals surface area contributed by atoms with E-state index >= 15 is 0 Å². The Labute approximate surface area is 78.9 Å². The van der Waals surface area contributed by atoms with E-state index in [1.807, 2.05) is 37.3 Å². The minimum absolute atomic E-state index is 0.0415. The Morgan fingerprint density at radius 1 is 1.23 bits per heavy atom. The number of nitrogens with zero attached hydrogens (tertiary/aromatic N) is 1. The van der Waals surface area contributed by atoms with Gasteiger partial charge in [-0.3, -0.25) is 4.99 Å². The lowest BCUT2D eigenvalue weighted by atomic mass is 10.2. The summed E-state index contributed by atoms with van der Waals surface area (Å²) in [4.78, 5) is 4.22. The molecule has 1 aromatic rings. The standard InChI is InChI=1S/C11H15NO/c1-9(10(2)13)12-8-11-6-4-3-5-7-11/h3-10,13H,1-2H3/t9-,10+/m1/s1. The summed E-state index contributed by atoms with van der Waals surface area (Å²) >= 11 is 0. The normalized spacial score (nSPS) is 15.9. The summed E-state index contributed by atoms with van der Waals surface area (Å²) in [5.74, 6) is 0. The molecule has 0 aromatic heterocycles. The smallest absolute Gasteiger partial charge is 0.0732 e. The lowest BCUT2D eigenvalue weighted by Crippen LogP contribution is -2.16. The van der Waals surface area contributed by atoms with E-state index in [2.05, 4.69) is 4.99 Å². The second-order valence-electron chi connectivity index (χ2n) is 3.17. The molecule has 0 unspecified atom stereocenters. The summed E-state index contributed by atoms with van der Waals surface area (Å²) < 4.78 is 0. The summed E-state index contributed by atoms with van der Waals surface area (Å²) in [6.07, 6.45) is 1.40. The Kier molecular flexibility index (Phi) is 3.65. The number of rotatable bonds is 3. The molecule has 1 aromatic carbocycles. The first kappa shape index (κ1) is 9.93. The fraction of sp³-hybridized carbons (Fsp3) is 0.364. The van der Waals surface area contributed by atoms with Crippen LogP contribution in [0.4, 0.5) is 0 Å². The molecular formula is C11H15NO. The number of hydrogen-bond acceptors (Lipinski definition) is 2. The molecule has 0 heterocycles. The van der Waals surface area contributed by atoms with Gasteiger partial charge in [0.2, 0.25) is 0 Å². The monoisotopic (exact) mass is 177 g/mol. The quantitative estimate of drug-likeness (QED) is 0.702. The van der Waals surface area contributed by atoms with Gasteiger partial charge in [0.15, 0.2) is 0 Å². The molecule has 0 aliphatic rings. The summed E-state index contributed by atoms with van der Waals surface area (Å²) in [5.41, 5.74) is 1.06. The van der Waals surface area contributed by atoms with E-state index in [4.69, 9.17) is 0 Å². The highest BCUT2D eigenvalue weighted by molar-refractivity contribution is 5.79. The van der Waals surface area contributed by atoms with Crippen molar-refractivity contribution in [2.45, 2.75) is 26.0 Å². The average molecular weight is 177 g/mol. The highest BCUT2D eigenvalue weighted by Crippen LogP contribution is 1.99. The third kappa shape index (κ3) is 3.38. The van der Waals surface area contributed by atoms with Gasteiger partial charge in [0, 0.05) is 6.21 Å². The highest BCUT2D eigenvalue weighted by atomic mass is 16.3. The van der Waals surface area contributed by atoms with Gasteiger partial charge in [-0.1, -0.05) is 30.3 Å². The summed E-state index contributed by atoms with van der Waals surface area (Å²) in [5, 5.41) is 9.19. The van der Waals surface area contributed by atoms with Crippen LogP contribution in [-0.4, -0.2) is 23.5 Å². The van der Waals surface area contributed by atoms with Crippen molar-refractivity contribution in [2.75, 3.05) is 0 Å². The van der Waals surface area contributed by atoms with Crippen LogP contribution in [0.1, 0.15) is 19.4 Å². The van der Waals surface area contributed by atoms with Crippen LogP contribution in [0.5, 0.6) is 0 Å². The van der Waals surface area contributed by atoms with E-state index in [1.54, 1.807) is 13.1 Å². The van der Waals surface area contributed by atoms with Crippen LogP contribution in [0, 0.1) is 0 Å². The molecule has 0 amide bonds. The molecule has 0 saturated heterocycles. The maximum atomic E-state index is 9.19. The molecule has 0 aliphatic heterocycles. The van der Waals surface area contributed by atoms with Crippen LogP contribution in [0.3, 0.4) is 0 Å². The topological polar surface area (TPSA) is 32.6 Å². The van der Waals surface area contributed by atoms with Crippen molar-refractivity contribution in [3.8, 4) is 0 Å². The molecule has 0 spiro atoms. The lowest BCUT2D eigenvalue weighted by Gasteiger charge is -2.07. The Bertz CT molecular complexity index is 267. The first-order valence-electron chi connectivity index (χ1n) is 4.46. The third-order valence-corrected chi connectivity index (χ3v) is 1.96. The second kappa shape index (κ2) is 4.77. The van der Waals surface area contributed by atoms with Crippen molar-refractivity contribution in [3.63, 3.8) is 0 Å². The van der Waals surface area contributed by atoms with E-state index in [-0.39, 0.29) is 12.1 Å². The highest BCUT2D eigenvalue weighted by Gasteiger charge is 2.03. The Hall–Kier alpha value is -1.15. The molecule has 0 aliphatic carbocycles. The van der Waals surface area contributed by atoms with Crippen LogP contribution in [0.2, 0.25) is 0 Å². The fourth-order valence-corrected chi connectivity index (χ4v) is 0.867. The van der Waals surface area contributed by atoms with E-state index in [0.29, 0.717) is 0 Å². The third-order valence-electron chi connectivity index (χ3n) is 1.96. The van der Waals surface area contributed by atoms with E-state index in [0.717, 1.165) is 5.56 Å². The fourth-order valence-electron chi connectivity index (χ4n) is 0.867. The zero-order valence-electron chi connectivity index (χ0n) is 8.01. The summed E-state index contributed by atoms with van der Waals surface area (Å²) in [6.45, 7) is 3.64. The van der Waals surface area contributed by atoms with Crippen LogP contribution in [0.25, 0.3) is 0 Å². The molecule has 2 nitrogen and oxygen atoms in total. The first-order valence-corrected chi connectivity index (χ1v) is 4.46. The molecular weight excluding hydrogens is 162 g/mol. The minimum atomic E-state index is -0.389. The zero-order valence-corrected chi connectivity index (χ0v) is 8.01. The molecule has 0 fully saturated rings. The van der Waals surface area contributed by atoms with Gasteiger partial charge < -0.3 is 5.11 Å². The Balaban J connectivity index is 2.59. The Morgan fingerprint density at radius 3 is 2.38 bits per heavy atom. The van der Waals surface area contributed by atoms with Gasteiger partial charge in [0.05, 0.1) is 12.1 Å². The molecule has 0 bridgehead atoms. The molecule has 0 saturated carbocycles.